The van der Waals surface area contributed by atoms with Crippen molar-refractivity contribution in [2.24, 2.45) is 5.73 Å². The van der Waals surface area contributed by atoms with Crippen LogP contribution in [0.25, 0.3) is 0 Å². The fourth-order valence-corrected chi connectivity index (χ4v) is 3.62. The van der Waals surface area contributed by atoms with Gasteiger partial charge < -0.3 is 34.7 Å². The molecule has 1 aromatic rings. The van der Waals surface area contributed by atoms with Crippen LogP contribution in [-0.2, 0) is 33.3 Å². The Hall–Kier alpha value is -3.27. The molecule has 0 aliphatic carbocycles. The highest BCUT2D eigenvalue weighted by Crippen LogP contribution is 2.33. The number of nitrogens with zero attached hydrogens (tertiary/aromatic N) is 1. The number of fused-ring (bicyclic) bond motifs is 1. The number of hydrogen-bond acceptors (Lipinski definition) is 12. The highest BCUT2D eigenvalue weighted by molar-refractivity contribution is 6.24. The third-order valence-corrected chi connectivity index (χ3v) is 5.47. The van der Waals surface area contributed by atoms with Gasteiger partial charge >= 0.3 is 0 Å². The van der Waals surface area contributed by atoms with Gasteiger partial charge in [0.25, 0.3) is 11.8 Å². The van der Waals surface area contributed by atoms with Crippen molar-refractivity contribution in [3.05, 3.63) is 29.3 Å². The molecule has 14 nitrogen and oxygen atoms in total. The number of ether oxygens (including phenoxy) is 5. The van der Waals surface area contributed by atoms with Crippen LogP contribution in [0.5, 0.6) is 5.75 Å². The van der Waals surface area contributed by atoms with E-state index in [2.05, 4.69) is 19.2 Å². The maximum Gasteiger partial charge on any atom is 0.266 e. The van der Waals surface area contributed by atoms with E-state index in [0.29, 0.717) is 65.5 Å². The molecule has 250 valence electrons. The lowest BCUT2D eigenvalue weighted by molar-refractivity contribution is -0.128. The molecule has 4 N–H and O–H groups in total. The van der Waals surface area contributed by atoms with Crippen LogP contribution in [0.15, 0.2) is 18.2 Å². The zero-order chi connectivity index (χ0) is 33.0. The van der Waals surface area contributed by atoms with Crippen molar-refractivity contribution in [1.29, 1.82) is 0 Å². The van der Waals surface area contributed by atoms with E-state index < -0.39 is 23.8 Å². The van der Waals surface area contributed by atoms with E-state index in [4.69, 9.17) is 29.4 Å². The molecule has 1 aliphatic rings. The van der Waals surface area contributed by atoms with E-state index in [1.807, 2.05) is 12.4 Å². The number of nitrogens with two attached hydrogens (primary N) is 1. The lowest BCUT2D eigenvalue weighted by Crippen LogP contribution is -2.49. The Morgan fingerprint density at radius 2 is 1.48 bits per heavy atom. The standard InChI is InChI=1S/C16H16N2O6.C11H26N2O4.C3H8/c1-2-4-11(14(21)17-9-20)18-15(22)10-5-3-6-12(24-8-7-19)13(10)16(18)23;1-13-3-5-15-7-9-17-11-10-16-8-6-14-4-2-12;1-3-2/h3,5-7,9,11H,2,4,8H2,1H3,(H,17,20,21);13H,2-12H2,1H3;3H2,1-2H3. The van der Waals surface area contributed by atoms with Crippen molar-refractivity contribution in [2.45, 2.75) is 46.1 Å². The number of likely N-dealkylation sites (N-methyl/N-ethyl adjacent to an activating group) is 1. The number of imide groups is 2. The van der Waals surface area contributed by atoms with Gasteiger partial charge in [-0.1, -0.05) is 39.7 Å². The minimum absolute atomic E-state index is 0.0179. The molecular formula is C30H50N4O10. The molecule has 0 bridgehead atoms. The second-order valence-electron chi connectivity index (χ2n) is 9.12. The van der Waals surface area contributed by atoms with E-state index in [1.54, 1.807) is 6.92 Å². The first-order valence-electron chi connectivity index (χ1n) is 14.9. The molecule has 1 aromatic carbocycles. The largest absolute Gasteiger partial charge is 0.485 e. The number of nitrogens with one attached hydrogen (secondary N) is 2. The number of hydrogen-bond donors (Lipinski definition) is 3. The SMILES string of the molecule is CCC.CCCC(C(=O)NC=O)N1C(=O)c2cccc(OCC=O)c2C1=O.CNCCOCCOCCOCCOCCN. The molecule has 0 saturated carbocycles. The molecule has 0 spiro atoms. The van der Waals surface area contributed by atoms with Crippen molar-refractivity contribution < 1.29 is 47.7 Å². The Bertz CT molecular complexity index is 950. The van der Waals surface area contributed by atoms with Gasteiger partial charge in [0.1, 0.15) is 18.4 Å². The summed E-state index contributed by atoms with van der Waals surface area (Å²) in [5.74, 6) is -1.94. The number of benzene rings is 1. The van der Waals surface area contributed by atoms with Crippen LogP contribution in [-0.4, -0.2) is 121 Å². The second-order valence-corrected chi connectivity index (χ2v) is 9.12. The fourth-order valence-electron chi connectivity index (χ4n) is 3.62. The highest BCUT2D eigenvalue weighted by atomic mass is 16.6. The first-order chi connectivity index (χ1) is 21.4. The minimum atomic E-state index is -1.09. The minimum Gasteiger partial charge on any atom is -0.485 e. The van der Waals surface area contributed by atoms with Crippen LogP contribution in [0, 0.1) is 0 Å². The van der Waals surface area contributed by atoms with E-state index in [9.17, 15) is 24.0 Å². The maximum absolute atomic E-state index is 12.7. The predicted molar refractivity (Wildman–Crippen MR) is 164 cm³/mol. The number of carbonyl (C=O) groups excluding carboxylic acids is 5. The summed E-state index contributed by atoms with van der Waals surface area (Å²) in [6.45, 7) is 12.1. The van der Waals surface area contributed by atoms with Gasteiger partial charge in [0.2, 0.25) is 12.3 Å². The molecule has 44 heavy (non-hydrogen) atoms. The summed E-state index contributed by atoms with van der Waals surface area (Å²) >= 11 is 0. The van der Waals surface area contributed by atoms with Crippen molar-refractivity contribution in [3.63, 3.8) is 0 Å². The van der Waals surface area contributed by atoms with Crippen molar-refractivity contribution in [1.82, 2.24) is 15.5 Å². The molecule has 1 atom stereocenters. The second kappa shape index (κ2) is 27.3. The number of rotatable bonds is 22. The summed E-state index contributed by atoms with van der Waals surface area (Å²) in [5.41, 5.74) is 5.38. The van der Waals surface area contributed by atoms with Gasteiger partial charge in [0.15, 0.2) is 6.29 Å². The number of aldehydes is 1. The quantitative estimate of drug-likeness (QED) is 0.0942. The average molecular weight is 627 g/mol. The van der Waals surface area contributed by atoms with Gasteiger partial charge in [-0.25, -0.2) is 0 Å². The lowest BCUT2D eigenvalue weighted by atomic mass is 10.1. The van der Waals surface area contributed by atoms with Gasteiger partial charge in [0.05, 0.1) is 64.0 Å². The summed E-state index contributed by atoms with van der Waals surface area (Å²) in [6.07, 6.45) is 2.73. The molecule has 0 aromatic heterocycles. The topological polar surface area (TPSA) is 185 Å². The molecule has 2 rings (SSSR count). The Labute approximate surface area is 260 Å². The van der Waals surface area contributed by atoms with Crippen LogP contribution in [0.4, 0.5) is 0 Å². The summed E-state index contributed by atoms with van der Waals surface area (Å²) in [6, 6.07) is 3.35. The Balaban J connectivity index is 0.000000813. The summed E-state index contributed by atoms with van der Waals surface area (Å²) in [4.78, 5) is 59.1. The third kappa shape index (κ3) is 16.0. The lowest BCUT2D eigenvalue weighted by Gasteiger charge is -2.24. The normalized spacial score (nSPS) is 12.3. The first kappa shape index (κ1) is 40.7. The molecule has 4 amide bonds. The van der Waals surface area contributed by atoms with E-state index in [0.717, 1.165) is 18.1 Å². The highest BCUT2D eigenvalue weighted by Gasteiger charge is 2.44. The van der Waals surface area contributed by atoms with Gasteiger partial charge in [-0.2, -0.15) is 0 Å². The van der Waals surface area contributed by atoms with Gasteiger partial charge in [-0.3, -0.25) is 34.2 Å². The van der Waals surface area contributed by atoms with Crippen LogP contribution < -0.4 is 21.1 Å². The molecule has 1 unspecified atom stereocenters. The van der Waals surface area contributed by atoms with Crippen LogP contribution in [0.2, 0.25) is 0 Å². The molecule has 0 saturated heterocycles. The fraction of sp³-hybridized carbons (Fsp3) is 0.633. The number of carbonyl (C=O) groups is 5. The van der Waals surface area contributed by atoms with Crippen LogP contribution >= 0.6 is 0 Å². The summed E-state index contributed by atoms with van der Waals surface area (Å²) in [7, 11) is 1.90. The van der Waals surface area contributed by atoms with Crippen LogP contribution in [0.1, 0.15) is 60.7 Å². The van der Waals surface area contributed by atoms with Crippen molar-refractivity contribution in [2.75, 3.05) is 79.6 Å². The molecule has 14 heteroatoms. The molecule has 0 fully saturated rings. The van der Waals surface area contributed by atoms with E-state index >= 15 is 0 Å². The summed E-state index contributed by atoms with van der Waals surface area (Å²) in [5, 5.41) is 4.98. The maximum atomic E-state index is 12.7. The monoisotopic (exact) mass is 626 g/mol. The zero-order valence-electron chi connectivity index (χ0n) is 26.5. The summed E-state index contributed by atoms with van der Waals surface area (Å²) < 4.78 is 26.2. The van der Waals surface area contributed by atoms with Gasteiger partial charge in [-0.15, -0.1) is 0 Å². The molecular weight excluding hydrogens is 576 g/mol. The van der Waals surface area contributed by atoms with E-state index in [1.165, 1.54) is 24.6 Å². The van der Waals surface area contributed by atoms with Gasteiger partial charge in [0, 0.05) is 13.1 Å². The molecule has 1 aliphatic heterocycles. The predicted octanol–water partition coefficient (Wildman–Crippen LogP) is 0.949. The Morgan fingerprint density at radius 3 is 1.98 bits per heavy atom. The van der Waals surface area contributed by atoms with E-state index in [-0.39, 0.29) is 36.3 Å². The number of amides is 4. The first-order valence-corrected chi connectivity index (χ1v) is 14.9. The third-order valence-electron chi connectivity index (χ3n) is 5.47. The smallest absolute Gasteiger partial charge is 0.266 e. The average Bonchev–Trinajstić information content (AvgIpc) is 3.27. The molecule has 1 heterocycles. The molecule has 0 radical (unpaired) electrons. The van der Waals surface area contributed by atoms with Crippen LogP contribution in [0.3, 0.4) is 0 Å². The van der Waals surface area contributed by atoms with Crippen molar-refractivity contribution in [3.8, 4) is 5.75 Å². The zero-order valence-corrected chi connectivity index (χ0v) is 26.5. The Morgan fingerprint density at radius 1 is 0.909 bits per heavy atom. The Kier molecular flexibility index (Phi) is 25.3. The van der Waals surface area contributed by atoms with Crippen molar-refractivity contribution >= 4 is 30.4 Å². The van der Waals surface area contributed by atoms with Gasteiger partial charge in [-0.05, 0) is 25.6 Å².